The molecule has 0 spiro atoms. The molecule has 1 saturated heterocycles. The van der Waals surface area contributed by atoms with E-state index in [4.69, 9.17) is 0 Å². The minimum Gasteiger partial charge on any atom is -0.356 e. The van der Waals surface area contributed by atoms with Gasteiger partial charge < -0.3 is 10.2 Å². The number of fused-ring (bicyclic) bond motifs is 2. The van der Waals surface area contributed by atoms with Gasteiger partial charge in [-0.2, -0.15) is 0 Å². The predicted octanol–water partition coefficient (Wildman–Crippen LogP) is 4.52. The lowest BCUT2D eigenvalue weighted by Gasteiger charge is -2.30. The minimum absolute atomic E-state index is 0.0830. The van der Waals surface area contributed by atoms with Crippen molar-refractivity contribution in [1.82, 2.24) is 10.2 Å². The van der Waals surface area contributed by atoms with Crippen molar-refractivity contribution in [2.45, 2.75) is 32.6 Å². The van der Waals surface area contributed by atoms with Crippen LogP contribution in [0.5, 0.6) is 0 Å². The van der Waals surface area contributed by atoms with Crippen molar-refractivity contribution in [3.05, 3.63) is 59.5 Å². The van der Waals surface area contributed by atoms with E-state index in [1.54, 1.807) is 11.3 Å². The summed E-state index contributed by atoms with van der Waals surface area (Å²) < 4.78 is 0. The van der Waals surface area contributed by atoms with Gasteiger partial charge >= 0.3 is 0 Å². The SMILES string of the molecule is CCNC(=O)C1(Cc2cccc(-c3cccs3)c2)CCN(C(=O)[C@@H]2C[C@@H]3C=C[C@H]2C3)C1. The Morgan fingerprint density at radius 1 is 1.19 bits per heavy atom. The highest BCUT2D eigenvalue weighted by molar-refractivity contribution is 7.13. The van der Waals surface area contributed by atoms with Gasteiger partial charge in [0.05, 0.1) is 5.41 Å². The molecular weight excluding hydrogens is 404 g/mol. The monoisotopic (exact) mass is 434 g/mol. The molecule has 1 aromatic carbocycles. The molecule has 2 amide bonds. The lowest BCUT2D eigenvalue weighted by molar-refractivity contribution is -0.136. The van der Waals surface area contributed by atoms with Gasteiger partial charge in [0, 0.05) is 30.4 Å². The second-order valence-electron chi connectivity index (χ2n) is 9.39. The van der Waals surface area contributed by atoms with Crippen molar-refractivity contribution < 1.29 is 9.59 Å². The number of benzene rings is 1. The van der Waals surface area contributed by atoms with E-state index in [0.717, 1.165) is 24.8 Å². The van der Waals surface area contributed by atoms with E-state index < -0.39 is 5.41 Å². The average Bonchev–Trinajstić information content (AvgIpc) is 3.58. The number of carbonyl (C=O) groups excluding carboxylic acids is 2. The highest BCUT2D eigenvalue weighted by Crippen LogP contribution is 2.45. The average molecular weight is 435 g/mol. The Kier molecular flexibility index (Phi) is 5.47. The largest absolute Gasteiger partial charge is 0.356 e. The Morgan fingerprint density at radius 3 is 2.81 bits per heavy atom. The maximum absolute atomic E-state index is 13.3. The zero-order chi connectivity index (χ0) is 21.4. The third-order valence-electron chi connectivity index (χ3n) is 7.36. The second-order valence-corrected chi connectivity index (χ2v) is 10.3. The number of rotatable bonds is 6. The zero-order valence-corrected chi connectivity index (χ0v) is 18.9. The molecule has 1 aliphatic heterocycles. The first-order chi connectivity index (χ1) is 15.1. The normalized spacial score (nSPS) is 28.9. The Labute approximate surface area is 188 Å². The van der Waals surface area contributed by atoms with Crippen LogP contribution in [-0.4, -0.2) is 36.3 Å². The number of nitrogens with zero attached hydrogens (tertiary/aromatic N) is 1. The second kappa shape index (κ2) is 8.27. The number of hydrogen-bond donors (Lipinski definition) is 1. The predicted molar refractivity (Wildman–Crippen MR) is 125 cm³/mol. The summed E-state index contributed by atoms with van der Waals surface area (Å²) >= 11 is 1.73. The van der Waals surface area contributed by atoms with Crippen LogP contribution in [0.2, 0.25) is 0 Å². The fourth-order valence-electron chi connectivity index (χ4n) is 5.79. The molecule has 5 rings (SSSR count). The molecule has 4 atom stereocenters. The molecule has 4 nitrogen and oxygen atoms in total. The van der Waals surface area contributed by atoms with Gasteiger partial charge in [-0.1, -0.05) is 42.5 Å². The summed E-state index contributed by atoms with van der Waals surface area (Å²) in [5.41, 5.74) is 1.81. The van der Waals surface area contributed by atoms with Crippen LogP contribution in [0, 0.1) is 23.2 Å². The molecule has 1 N–H and O–H groups in total. The van der Waals surface area contributed by atoms with E-state index in [0.29, 0.717) is 37.9 Å². The third kappa shape index (κ3) is 3.84. The summed E-state index contributed by atoms with van der Waals surface area (Å²) in [5, 5.41) is 5.15. The van der Waals surface area contributed by atoms with E-state index in [9.17, 15) is 9.59 Å². The molecule has 31 heavy (non-hydrogen) atoms. The van der Waals surface area contributed by atoms with Gasteiger partial charge in [0.2, 0.25) is 11.8 Å². The van der Waals surface area contributed by atoms with Crippen molar-refractivity contribution in [2.75, 3.05) is 19.6 Å². The number of thiophene rings is 1. The molecule has 2 fully saturated rings. The highest BCUT2D eigenvalue weighted by Gasteiger charge is 2.49. The molecule has 5 heteroatoms. The summed E-state index contributed by atoms with van der Waals surface area (Å²) in [6.07, 6.45) is 8.01. The summed E-state index contributed by atoms with van der Waals surface area (Å²) in [7, 11) is 0. The van der Waals surface area contributed by atoms with Crippen LogP contribution in [0.15, 0.2) is 53.9 Å². The first-order valence-electron chi connectivity index (χ1n) is 11.5. The van der Waals surface area contributed by atoms with Crippen molar-refractivity contribution in [2.24, 2.45) is 23.2 Å². The number of hydrogen-bond acceptors (Lipinski definition) is 3. The van der Waals surface area contributed by atoms with Crippen LogP contribution in [0.25, 0.3) is 10.4 Å². The molecule has 0 radical (unpaired) electrons. The zero-order valence-electron chi connectivity index (χ0n) is 18.0. The Morgan fingerprint density at radius 2 is 2.10 bits per heavy atom. The molecule has 2 aliphatic carbocycles. The van der Waals surface area contributed by atoms with Crippen molar-refractivity contribution in [1.29, 1.82) is 0 Å². The maximum atomic E-state index is 13.3. The van der Waals surface area contributed by atoms with Gasteiger partial charge in [-0.15, -0.1) is 11.3 Å². The Bertz CT molecular complexity index is 999. The molecule has 3 aliphatic rings. The molecule has 162 valence electrons. The molecule has 1 aromatic heterocycles. The van der Waals surface area contributed by atoms with Crippen molar-refractivity contribution in [3.63, 3.8) is 0 Å². The lowest BCUT2D eigenvalue weighted by Crippen LogP contribution is -2.46. The third-order valence-corrected chi connectivity index (χ3v) is 8.27. The highest BCUT2D eigenvalue weighted by atomic mass is 32.1. The molecule has 2 heterocycles. The number of allylic oxidation sites excluding steroid dienone is 2. The van der Waals surface area contributed by atoms with Crippen LogP contribution in [0.3, 0.4) is 0 Å². The number of likely N-dealkylation sites (tertiary alicyclic amines) is 1. The van der Waals surface area contributed by atoms with Gasteiger partial charge in [0.25, 0.3) is 0 Å². The van der Waals surface area contributed by atoms with Crippen LogP contribution >= 0.6 is 11.3 Å². The summed E-state index contributed by atoms with van der Waals surface area (Å²) in [6.45, 7) is 3.78. The summed E-state index contributed by atoms with van der Waals surface area (Å²) in [5.74, 6) is 1.44. The Hall–Kier alpha value is -2.40. The standard InChI is InChI=1S/C26H30N2O2S/c1-2-27-25(30)26(16-19-5-3-6-21(14-19)23-7-4-12-31-23)10-11-28(17-26)24(29)22-15-18-8-9-20(22)13-18/h3-9,12,14,18,20,22H,2,10-11,13,15-17H2,1H3,(H,27,30)/t18-,20+,22-,26?/m1/s1. The Balaban J connectivity index is 1.37. The van der Waals surface area contributed by atoms with Gasteiger partial charge in [-0.25, -0.2) is 0 Å². The number of carbonyl (C=O) groups is 2. The maximum Gasteiger partial charge on any atom is 0.228 e. The van der Waals surface area contributed by atoms with Gasteiger partial charge in [0.15, 0.2) is 0 Å². The van der Waals surface area contributed by atoms with E-state index in [-0.39, 0.29) is 17.7 Å². The van der Waals surface area contributed by atoms with Crippen LogP contribution < -0.4 is 5.32 Å². The van der Waals surface area contributed by atoms with E-state index in [1.165, 1.54) is 10.4 Å². The molecule has 2 bridgehead atoms. The topological polar surface area (TPSA) is 49.4 Å². The first-order valence-corrected chi connectivity index (χ1v) is 12.3. The first kappa shape index (κ1) is 20.5. The smallest absolute Gasteiger partial charge is 0.228 e. The number of amides is 2. The van der Waals surface area contributed by atoms with Gasteiger partial charge in [-0.05, 0) is 67.0 Å². The van der Waals surface area contributed by atoms with Crippen LogP contribution in [0.4, 0.5) is 0 Å². The number of nitrogens with one attached hydrogen (secondary N) is 1. The van der Waals surface area contributed by atoms with Gasteiger partial charge in [-0.3, -0.25) is 9.59 Å². The van der Waals surface area contributed by atoms with E-state index in [1.807, 2.05) is 11.8 Å². The molecule has 2 aromatic rings. The fourth-order valence-corrected chi connectivity index (χ4v) is 6.51. The quantitative estimate of drug-likeness (QED) is 0.680. The summed E-state index contributed by atoms with van der Waals surface area (Å²) in [6, 6.07) is 12.7. The molecule has 1 saturated carbocycles. The van der Waals surface area contributed by atoms with Crippen molar-refractivity contribution in [3.8, 4) is 10.4 Å². The minimum atomic E-state index is -0.548. The molecular formula is C26H30N2O2S. The van der Waals surface area contributed by atoms with Crippen LogP contribution in [-0.2, 0) is 16.0 Å². The lowest BCUT2D eigenvalue weighted by atomic mass is 9.79. The molecule has 1 unspecified atom stereocenters. The van der Waals surface area contributed by atoms with Crippen molar-refractivity contribution >= 4 is 23.2 Å². The van der Waals surface area contributed by atoms with Gasteiger partial charge in [0.1, 0.15) is 0 Å². The fraction of sp³-hybridized carbons (Fsp3) is 0.462. The summed E-state index contributed by atoms with van der Waals surface area (Å²) in [4.78, 5) is 29.8. The van der Waals surface area contributed by atoms with E-state index >= 15 is 0 Å². The van der Waals surface area contributed by atoms with Crippen LogP contribution in [0.1, 0.15) is 31.7 Å². The van der Waals surface area contributed by atoms with E-state index in [2.05, 4.69) is 59.2 Å².